The minimum Gasteiger partial charge on any atom is -0.397 e. The van der Waals surface area contributed by atoms with Crippen LogP contribution >= 0.6 is 0 Å². The minimum absolute atomic E-state index is 0.780. The van der Waals surface area contributed by atoms with Crippen LogP contribution in [-0.4, -0.2) is 9.38 Å². The lowest BCUT2D eigenvalue weighted by Crippen LogP contribution is -1.90. The van der Waals surface area contributed by atoms with E-state index in [0.29, 0.717) is 0 Å². The van der Waals surface area contributed by atoms with Crippen LogP contribution in [0.15, 0.2) is 24.7 Å². The molecule has 0 spiro atoms. The summed E-state index contributed by atoms with van der Waals surface area (Å²) in [5.74, 6) is 0. The Bertz CT molecular complexity index is 389. The van der Waals surface area contributed by atoms with E-state index in [0.717, 1.165) is 16.9 Å². The zero-order valence-electron chi connectivity index (χ0n) is 6.28. The van der Waals surface area contributed by atoms with Gasteiger partial charge in [0.05, 0.1) is 23.2 Å². The highest BCUT2D eigenvalue weighted by Gasteiger charge is 2.00. The van der Waals surface area contributed by atoms with E-state index in [2.05, 4.69) is 4.98 Å². The summed E-state index contributed by atoms with van der Waals surface area (Å²) in [5.41, 5.74) is 8.50. The molecule has 0 radical (unpaired) electrons. The van der Waals surface area contributed by atoms with Gasteiger partial charge >= 0.3 is 0 Å². The predicted octanol–water partition coefficient (Wildman–Crippen LogP) is 1.22. The van der Waals surface area contributed by atoms with E-state index in [9.17, 15) is 0 Å². The molecule has 56 valence electrons. The zero-order chi connectivity index (χ0) is 7.84. The van der Waals surface area contributed by atoms with Gasteiger partial charge in [-0.05, 0) is 19.1 Å². The molecule has 0 aliphatic heterocycles. The molecule has 0 unspecified atom stereocenters. The van der Waals surface area contributed by atoms with E-state index < -0.39 is 0 Å². The lowest BCUT2D eigenvalue weighted by Gasteiger charge is -1.96. The summed E-state index contributed by atoms with van der Waals surface area (Å²) in [6, 6.07) is 3.79. The first-order valence-corrected chi connectivity index (χ1v) is 3.47. The maximum absolute atomic E-state index is 5.74. The molecule has 0 aliphatic carbocycles. The molecule has 3 heteroatoms. The molecule has 11 heavy (non-hydrogen) atoms. The average molecular weight is 147 g/mol. The van der Waals surface area contributed by atoms with Gasteiger partial charge in [0.2, 0.25) is 0 Å². The van der Waals surface area contributed by atoms with Gasteiger partial charge in [0.25, 0.3) is 0 Å². The number of rotatable bonds is 0. The summed E-state index contributed by atoms with van der Waals surface area (Å²) in [4.78, 5) is 4.14. The fraction of sp³-hybridized carbons (Fsp3) is 0.125. The van der Waals surface area contributed by atoms with Crippen molar-refractivity contribution in [1.29, 1.82) is 0 Å². The lowest BCUT2D eigenvalue weighted by atomic mass is 10.3. The summed E-state index contributed by atoms with van der Waals surface area (Å²) >= 11 is 0. The summed E-state index contributed by atoms with van der Waals surface area (Å²) in [6.07, 6.45) is 3.70. The Hall–Kier alpha value is -1.51. The molecule has 0 bridgehead atoms. The molecule has 2 N–H and O–H groups in total. The minimum atomic E-state index is 0.780. The number of anilines is 1. The molecule has 0 saturated heterocycles. The maximum Gasteiger partial charge on any atom is 0.0995 e. The van der Waals surface area contributed by atoms with E-state index >= 15 is 0 Å². The van der Waals surface area contributed by atoms with Gasteiger partial charge in [-0.15, -0.1) is 0 Å². The Morgan fingerprint density at radius 3 is 3.09 bits per heavy atom. The first-order valence-electron chi connectivity index (χ1n) is 3.47. The molecule has 0 aliphatic rings. The second kappa shape index (κ2) is 1.99. The number of pyridine rings is 1. The molecular weight excluding hydrogens is 138 g/mol. The second-order valence-corrected chi connectivity index (χ2v) is 2.55. The van der Waals surface area contributed by atoms with Gasteiger partial charge in [-0.25, -0.2) is 4.98 Å². The van der Waals surface area contributed by atoms with E-state index in [1.807, 2.05) is 29.7 Å². The van der Waals surface area contributed by atoms with Crippen molar-refractivity contribution in [1.82, 2.24) is 9.38 Å². The predicted molar refractivity (Wildman–Crippen MR) is 44.3 cm³/mol. The standard InChI is InChI=1S/C8H9N3/c1-6-8-7(9)3-2-4-11(8)5-10-6/h2-5H,9H2,1H3. The number of nitrogens with two attached hydrogens (primary N) is 1. The molecule has 0 fully saturated rings. The Morgan fingerprint density at radius 2 is 2.36 bits per heavy atom. The van der Waals surface area contributed by atoms with Gasteiger partial charge in [0.15, 0.2) is 0 Å². The first-order chi connectivity index (χ1) is 5.29. The van der Waals surface area contributed by atoms with E-state index in [4.69, 9.17) is 5.73 Å². The second-order valence-electron chi connectivity index (χ2n) is 2.55. The molecule has 0 atom stereocenters. The van der Waals surface area contributed by atoms with Crippen molar-refractivity contribution in [3.8, 4) is 0 Å². The molecule has 2 heterocycles. The third-order valence-corrected chi connectivity index (χ3v) is 1.77. The number of imidazole rings is 1. The topological polar surface area (TPSA) is 43.3 Å². The zero-order valence-corrected chi connectivity index (χ0v) is 6.28. The molecule has 2 aromatic heterocycles. The SMILES string of the molecule is Cc1ncn2cccc(N)c12. The van der Waals surface area contributed by atoms with Crippen molar-refractivity contribution < 1.29 is 0 Å². The smallest absolute Gasteiger partial charge is 0.0995 e. The molecule has 3 nitrogen and oxygen atoms in total. The Balaban J connectivity index is 2.96. The molecular formula is C8H9N3. The molecule has 2 rings (SSSR count). The van der Waals surface area contributed by atoms with Gasteiger partial charge in [0.1, 0.15) is 0 Å². The largest absolute Gasteiger partial charge is 0.397 e. The van der Waals surface area contributed by atoms with Gasteiger partial charge < -0.3 is 10.1 Å². The van der Waals surface area contributed by atoms with Crippen molar-refractivity contribution >= 4 is 11.2 Å². The highest BCUT2D eigenvalue weighted by Crippen LogP contribution is 2.15. The van der Waals surface area contributed by atoms with Gasteiger partial charge in [-0.3, -0.25) is 0 Å². The molecule has 0 amide bonds. The van der Waals surface area contributed by atoms with E-state index in [1.54, 1.807) is 6.33 Å². The average Bonchev–Trinajstić information content (AvgIpc) is 2.34. The van der Waals surface area contributed by atoms with Crippen LogP contribution in [0.4, 0.5) is 5.69 Å². The Kier molecular flexibility index (Phi) is 1.12. The van der Waals surface area contributed by atoms with Crippen LogP contribution in [0.25, 0.3) is 5.52 Å². The molecule has 2 aromatic rings. The summed E-state index contributed by atoms with van der Waals surface area (Å²) in [5, 5.41) is 0. The van der Waals surface area contributed by atoms with Crippen LogP contribution in [0.3, 0.4) is 0 Å². The fourth-order valence-corrected chi connectivity index (χ4v) is 1.24. The van der Waals surface area contributed by atoms with Crippen molar-refractivity contribution in [2.45, 2.75) is 6.92 Å². The van der Waals surface area contributed by atoms with Gasteiger partial charge in [-0.2, -0.15) is 0 Å². The van der Waals surface area contributed by atoms with Crippen LogP contribution in [0.1, 0.15) is 5.69 Å². The maximum atomic E-state index is 5.74. The van der Waals surface area contributed by atoms with Crippen molar-refractivity contribution in [2.75, 3.05) is 5.73 Å². The normalized spacial score (nSPS) is 10.6. The lowest BCUT2D eigenvalue weighted by molar-refractivity contribution is 1.15. The summed E-state index contributed by atoms with van der Waals surface area (Å²) < 4.78 is 1.92. The van der Waals surface area contributed by atoms with E-state index in [-0.39, 0.29) is 0 Å². The number of nitrogens with zero attached hydrogens (tertiary/aromatic N) is 2. The van der Waals surface area contributed by atoms with Crippen molar-refractivity contribution in [2.24, 2.45) is 0 Å². The Labute approximate surface area is 64.5 Å². The summed E-state index contributed by atoms with van der Waals surface area (Å²) in [7, 11) is 0. The van der Waals surface area contributed by atoms with Crippen molar-refractivity contribution in [3.63, 3.8) is 0 Å². The fourth-order valence-electron chi connectivity index (χ4n) is 1.24. The third kappa shape index (κ3) is 0.774. The number of hydrogen-bond acceptors (Lipinski definition) is 2. The van der Waals surface area contributed by atoms with Crippen LogP contribution < -0.4 is 5.73 Å². The molecule has 0 saturated carbocycles. The van der Waals surface area contributed by atoms with E-state index in [1.165, 1.54) is 0 Å². The van der Waals surface area contributed by atoms with Crippen LogP contribution in [-0.2, 0) is 0 Å². The monoisotopic (exact) mass is 147 g/mol. The number of aromatic nitrogens is 2. The number of nitrogen functional groups attached to an aromatic ring is 1. The van der Waals surface area contributed by atoms with Crippen LogP contribution in [0.5, 0.6) is 0 Å². The first kappa shape index (κ1) is 6.22. The van der Waals surface area contributed by atoms with Crippen molar-refractivity contribution in [3.05, 3.63) is 30.4 Å². The van der Waals surface area contributed by atoms with Gasteiger partial charge in [0, 0.05) is 6.20 Å². The van der Waals surface area contributed by atoms with Gasteiger partial charge in [-0.1, -0.05) is 0 Å². The highest BCUT2D eigenvalue weighted by molar-refractivity contribution is 5.71. The number of aryl methyl sites for hydroxylation is 1. The highest BCUT2D eigenvalue weighted by atomic mass is 15.0. The quantitative estimate of drug-likeness (QED) is 0.609. The van der Waals surface area contributed by atoms with Crippen LogP contribution in [0.2, 0.25) is 0 Å². The Morgan fingerprint density at radius 1 is 1.55 bits per heavy atom. The number of hydrogen-bond donors (Lipinski definition) is 1. The van der Waals surface area contributed by atoms with Crippen LogP contribution in [0, 0.1) is 6.92 Å². The number of fused-ring (bicyclic) bond motifs is 1. The summed E-state index contributed by atoms with van der Waals surface area (Å²) in [6.45, 7) is 1.95. The molecule has 0 aromatic carbocycles. The third-order valence-electron chi connectivity index (χ3n) is 1.77.